The molecule has 3 N–H and O–H groups in total. The first kappa shape index (κ1) is 22.0. The molecule has 1 saturated heterocycles. The van der Waals surface area contributed by atoms with Crippen molar-refractivity contribution in [3.05, 3.63) is 0 Å². The minimum absolute atomic E-state index is 0.0400. The van der Waals surface area contributed by atoms with Crippen LogP contribution in [0.2, 0.25) is 0 Å². The second-order valence-electron chi connectivity index (χ2n) is 7.63. The van der Waals surface area contributed by atoms with E-state index in [0.29, 0.717) is 12.6 Å². The van der Waals surface area contributed by atoms with Crippen LogP contribution in [0, 0.1) is 5.92 Å². The molecule has 0 aromatic carbocycles. The van der Waals surface area contributed by atoms with Crippen LogP contribution in [0.15, 0.2) is 4.99 Å². The second kappa shape index (κ2) is 12.2. The molecule has 2 aliphatic rings. The number of carbonyl (C=O) groups is 1. The van der Waals surface area contributed by atoms with E-state index < -0.39 is 0 Å². The molecule has 0 amide bonds. The Balaban J connectivity index is 1.68. The lowest BCUT2D eigenvalue weighted by atomic mass is 9.86. The van der Waals surface area contributed by atoms with Gasteiger partial charge in [0, 0.05) is 32.2 Å². The van der Waals surface area contributed by atoms with Crippen molar-refractivity contribution < 1.29 is 14.6 Å². The summed E-state index contributed by atoms with van der Waals surface area (Å²) in [6.45, 7) is 9.07. The molecule has 7 heteroatoms. The van der Waals surface area contributed by atoms with Crippen LogP contribution in [0.1, 0.15) is 58.8 Å². The van der Waals surface area contributed by atoms with Gasteiger partial charge in [-0.3, -0.25) is 9.79 Å². The lowest BCUT2D eigenvalue weighted by molar-refractivity contribution is -0.149. The highest BCUT2D eigenvalue weighted by Crippen LogP contribution is 2.25. The molecule has 0 unspecified atom stereocenters. The zero-order chi connectivity index (χ0) is 19.5. The van der Waals surface area contributed by atoms with E-state index in [4.69, 9.17) is 9.73 Å². The highest BCUT2D eigenvalue weighted by Gasteiger charge is 2.27. The molecular formula is C20H38N4O3. The maximum atomic E-state index is 11.9. The molecule has 7 nitrogen and oxygen atoms in total. The number of hydrogen-bond acceptors (Lipinski definition) is 5. The van der Waals surface area contributed by atoms with Crippen LogP contribution in [0.5, 0.6) is 0 Å². The molecule has 1 saturated carbocycles. The van der Waals surface area contributed by atoms with Crippen LogP contribution in [-0.4, -0.2) is 73.4 Å². The number of piperidine rings is 1. The monoisotopic (exact) mass is 382 g/mol. The second-order valence-corrected chi connectivity index (χ2v) is 7.63. The van der Waals surface area contributed by atoms with Crippen molar-refractivity contribution in [3.8, 4) is 0 Å². The van der Waals surface area contributed by atoms with Gasteiger partial charge in [0.1, 0.15) is 0 Å². The number of likely N-dealkylation sites (tertiary alicyclic amines) is 1. The Hall–Kier alpha value is -1.34. The average Bonchev–Trinajstić information content (AvgIpc) is 2.67. The van der Waals surface area contributed by atoms with E-state index in [1.54, 1.807) is 0 Å². The van der Waals surface area contributed by atoms with Gasteiger partial charge in [-0.2, -0.15) is 0 Å². The van der Waals surface area contributed by atoms with Gasteiger partial charge in [0.05, 0.1) is 18.6 Å². The Morgan fingerprint density at radius 2 is 1.85 bits per heavy atom. The molecule has 27 heavy (non-hydrogen) atoms. The van der Waals surface area contributed by atoms with E-state index in [-0.39, 0.29) is 18.0 Å². The third-order valence-electron chi connectivity index (χ3n) is 5.49. The highest BCUT2D eigenvalue weighted by atomic mass is 16.5. The molecule has 2 rings (SSSR count). The summed E-state index contributed by atoms with van der Waals surface area (Å²) in [6.07, 6.45) is 6.43. The zero-order valence-electron chi connectivity index (χ0n) is 17.1. The van der Waals surface area contributed by atoms with Crippen molar-refractivity contribution in [1.82, 2.24) is 15.5 Å². The van der Waals surface area contributed by atoms with Crippen LogP contribution in [0.3, 0.4) is 0 Å². The molecule has 0 spiro atoms. The van der Waals surface area contributed by atoms with E-state index in [0.717, 1.165) is 83.6 Å². The predicted octanol–water partition coefficient (Wildman–Crippen LogP) is 1.51. The van der Waals surface area contributed by atoms with E-state index in [2.05, 4.69) is 22.5 Å². The summed E-state index contributed by atoms with van der Waals surface area (Å²) in [5, 5.41) is 16.4. The van der Waals surface area contributed by atoms with Crippen LogP contribution >= 0.6 is 0 Å². The number of ether oxygens (including phenoxy) is 1. The summed E-state index contributed by atoms with van der Waals surface area (Å²) < 4.78 is 5.14. The van der Waals surface area contributed by atoms with Crippen LogP contribution in [0.4, 0.5) is 0 Å². The summed E-state index contributed by atoms with van der Waals surface area (Å²) in [5.41, 5.74) is 0. The Morgan fingerprint density at radius 1 is 1.15 bits per heavy atom. The van der Waals surface area contributed by atoms with E-state index >= 15 is 0 Å². The molecule has 0 bridgehead atoms. The van der Waals surface area contributed by atoms with Crippen molar-refractivity contribution >= 4 is 11.9 Å². The smallest absolute Gasteiger partial charge is 0.308 e. The lowest BCUT2D eigenvalue weighted by Crippen LogP contribution is -2.45. The normalized spacial score (nSPS) is 25.2. The van der Waals surface area contributed by atoms with Crippen LogP contribution in [-0.2, 0) is 9.53 Å². The van der Waals surface area contributed by atoms with Crippen LogP contribution < -0.4 is 10.6 Å². The van der Waals surface area contributed by atoms with Crippen molar-refractivity contribution in [2.24, 2.45) is 10.9 Å². The first-order valence-electron chi connectivity index (χ1n) is 10.7. The number of esters is 1. The average molecular weight is 383 g/mol. The van der Waals surface area contributed by atoms with E-state index in [9.17, 15) is 9.90 Å². The lowest BCUT2D eigenvalue weighted by Gasteiger charge is -2.29. The number of nitrogens with zero attached hydrogens (tertiary/aromatic N) is 2. The van der Waals surface area contributed by atoms with Crippen molar-refractivity contribution in [3.63, 3.8) is 0 Å². The number of aliphatic imine (C=N–C) groups is 1. The molecule has 2 fully saturated rings. The van der Waals surface area contributed by atoms with Gasteiger partial charge in [0.25, 0.3) is 0 Å². The molecule has 1 aliphatic heterocycles. The minimum atomic E-state index is -0.109. The SMILES string of the molecule is CCNC(=NCCCN1CCC(O)CC1)NC1CCC(C(=O)OCC)CC1. The van der Waals surface area contributed by atoms with Crippen molar-refractivity contribution in [2.45, 2.75) is 70.9 Å². The van der Waals surface area contributed by atoms with Gasteiger partial charge in [-0.15, -0.1) is 0 Å². The fraction of sp³-hybridized carbons (Fsp3) is 0.900. The number of hydrogen-bond donors (Lipinski definition) is 3. The number of carbonyl (C=O) groups excluding carboxylic acids is 1. The predicted molar refractivity (Wildman–Crippen MR) is 108 cm³/mol. The Morgan fingerprint density at radius 3 is 2.48 bits per heavy atom. The maximum Gasteiger partial charge on any atom is 0.308 e. The third kappa shape index (κ3) is 8.05. The molecule has 1 heterocycles. The summed E-state index contributed by atoms with van der Waals surface area (Å²) in [5.74, 6) is 0.901. The summed E-state index contributed by atoms with van der Waals surface area (Å²) in [4.78, 5) is 19.0. The largest absolute Gasteiger partial charge is 0.466 e. The molecule has 156 valence electrons. The van der Waals surface area contributed by atoms with E-state index in [1.807, 2.05) is 6.92 Å². The molecule has 0 aromatic rings. The Kier molecular flexibility index (Phi) is 9.91. The van der Waals surface area contributed by atoms with E-state index in [1.165, 1.54) is 0 Å². The van der Waals surface area contributed by atoms with Gasteiger partial charge >= 0.3 is 5.97 Å². The molecule has 0 radical (unpaired) electrons. The maximum absolute atomic E-state index is 11.9. The van der Waals surface area contributed by atoms with Crippen LogP contribution in [0.25, 0.3) is 0 Å². The van der Waals surface area contributed by atoms with Crippen molar-refractivity contribution in [1.29, 1.82) is 0 Å². The molecule has 0 aromatic heterocycles. The minimum Gasteiger partial charge on any atom is -0.466 e. The van der Waals surface area contributed by atoms with Gasteiger partial charge in [-0.25, -0.2) is 0 Å². The molecular weight excluding hydrogens is 344 g/mol. The number of aliphatic hydroxyl groups is 1. The van der Waals surface area contributed by atoms with Crippen molar-refractivity contribution in [2.75, 3.05) is 39.3 Å². The third-order valence-corrected chi connectivity index (χ3v) is 5.49. The first-order chi connectivity index (χ1) is 13.1. The zero-order valence-corrected chi connectivity index (χ0v) is 17.1. The topological polar surface area (TPSA) is 86.2 Å². The highest BCUT2D eigenvalue weighted by molar-refractivity contribution is 5.80. The summed E-state index contributed by atoms with van der Waals surface area (Å²) in [6, 6.07) is 0.372. The summed E-state index contributed by atoms with van der Waals surface area (Å²) >= 11 is 0. The Labute approximate surface area is 163 Å². The standard InChI is InChI=1S/C20H38N4O3/c1-3-21-20(22-12-5-13-24-14-10-18(25)11-15-24)23-17-8-6-16(7-9-17)19(26)27-4-2/h16-18,25H,3-15H2,1-2H3,(H2,21,22,23). The molecule has 0 atom stereocenters. The van der Waals surface area contributed by atoms with Gasteiger partial charge in [0.15, 0.2) is 5.96 Å². The number of guanidine groups is 1. The van der Waals surface area contributed by atoms with Gasteiger partial charge in [0.2, 0.25) is 0 Å². The quantitative estimate of drug-likeness (QED) is 0.255. The fourth-order valence-corrected chi connectivity index (χ4v) is 3.88. The fourth-order valence-electron chi connectivity index (χ4n) is 3.88. The number of aliphatic hydroxyl groups excluding tert-OH is 1. The summed E-state index contributed by atoms with van der Waals surface area (Å²) in [7, 11) is 0. The van der Waals surface area contributed by atoms with Gasteiger partial charge < -0.3 is 25.4 Å². The number of rotatable bonds is 8. The number of nitrogens with one attached hydrogen (secondary N) is 2. The first-order valence-corrected chi connectivity index (χ1v) is 10.7. The molecule has 1 aliphatic carbocycles. The van der Waals surface area contributed by atoms with Gasteiger partial charge in [-0.1, -0.05) is 0 Å². The Bertz CT molecular complexity index is 456. The van der Waals surface area contributed by atoms with Gasteiger partial charge in [-0.05, 0) is 65.3 Å².